The molecule has 0 heterocycles. The molecule has 1 aromatic carbocycles. The Labute approximate surface area is 109 Å². The van der Waals surface area contributed by atoms with Crippen molar-refractivity contribution in [2.45, 2.75) is 19.6 Å². The first-order valence-corrected chi connectivity index (χ1v) is 5.82. The lowest BCUT2D eigenvalue weighted by atomic mass is 10.2. The Morgan fingerprint density at radius 2 is 1.95 bits per heavy atom. The molecule has 0 spiro atoms. The smallest absolute Gasteiger partial charge is 0.329 e. The number of benzene rings is 1. The summed E-state index contributed by atoms with van der Waals surface area (Å²) in [5.74, 6) is 0. The minimum atomic E-state index is -4.42. The average Bonchev–Trinajstić information content (AvgIpc) is 2.34. The first-order valence-electron chi connectivity index (χ1n) is 5.82. The van der Waals surface area contributed by atoms with Crippen LogP contribution in [0.5, 0.6) is 0 Å². The zero-order valence-corrected chi connectivity index (χ0v) is 10.5. The van der Waals surface area contributed by atoms with E-state index in [0.29, 0.717) is 12.2 Å². The molecule has 3 N–H and O–H groups in total. The molecule has 0 bridgehead atoms. The van der Waals surface area contributed by atoms with Crippen molar-refractivity contribution >= 4 is 11.7 Å². The fourth-order valence-corrected chi connectivity index (χ4v) is 1.40. The summed E-state index contributed by atoms with van der Waals surface area (Å²) >= 11 is 0. The van der Waals surface area contributed by atoms with Crippen molar-refractivity contribution in [3.8, 4) is 0 Å². The van der Waals surface area contributed by atoms with Gasteiger partial charge in [0, 0.05) is 12.2 Å². The Morgan fingerprint density at radius 1 is 1.26 bits per heavy atom. The van der Waals surface area contributed by atoms with Gasteiger partial charge in [0.1, 0.15) is 6.54 Å². The lowest BCUT2D eigenvalue weighted by Gasteiger charge is -2.13. The van der Waals surface area contributed by atoms with E-state index in [1.807, 2.05) is 6.92 Å². The molecule has 106 valence electrons. The SMILES string of the molecule is CCNCc1ccccc1NC(=O)NCC(F)(F)F. The topological polar surface area (TPSA) is 53.2 Å². The number of para-hydroxylation sites is 1. The molecule has 1 rings (SSSR count). The van der Waals surface area contributed by atoms with E-state index < -0.39 is 18.8 Å². The minimum Gasteiger partial charge on any atom is -0.329 e. The number of carbonyl (C=O) groups is 1. The van der Waals surface area contributed by atoms with Crippen molar-refractivity contribution in [2.24, 2.45) is 0 Å². The van der Waals surface area contributed by atoms with Gasteiger partial charge in [-0.2, -0.15) is 13.2 Å². The molecule has 0 atom stereocenters. The number of hydrogen-bond donors (Lipinski definition) is 3. The Kier molecular flexibility index (Phi) is 5.62. The number of amides is 2. The third-order valence-corrected chi connectivity index (χ3v) is 2.28. The highest BCUT2D eigenvalue weighted by atomic mass is 19.4. The van der Waals surface area contributed by atoms with Crippen molar-refractivity contribution in [3.05, 3.63) is 29.8 Å². The van der Waals surface area contributed by atoms with Gasteiger partial charge in [0.15, 0.2) is 0 Å². The van der Waals surface area contributed by atoms with Gasteiger partial charge in [-0.1, -0.05) is 25.1 Å². The summed E-state index contributed by atoms with van der Waals surface area (Å²) in [6.45, 7) is 1.88. The second kappa shape index (κ2) is 6.98. The zero-order valence-electron chi connectivity index (χ0n) is 10.5. The predicted molar refractivity (Wildman–Crippen MR) is 66.9 cm³/mol. The van der Waals surface area contributed by atoms with Crippen LogP contribution in [0.1, 0.15) is 12.5 Å². The van der Waals surface area contributed by atoms with E-state index >= 15 is 0 Å². The molecular formula is C12H16F3N3O. The lowest BCUT2D eigenvalue weighted by molar-refractivity contribution is -0.122. The molecule has 0 saturated heterocycles. The lowest BCUT2D eigenvalue weighted by Crippen LogP contribution is -2.36. The zero-order chi connectivity index (χ0) is 14.3. The summed E-state index contributed by atoms with van der Waals surface area (Å²) in [4.78, 5) is 11.3. The molecule has 0 unspecified atom stereocenters. The number of carbonyl (C=O) groups excluding carboxylic acids is 1. The third kappa shape index (κ3) is 6.10. The van der Waals surface area contributed by atoms with Crippen molar-refractivity contribution < 1.29 is 18.0 Å². The van der Waals surface area contributed by atoms with Gasteiger partial charge in [0.25, 0.3) is 0 Å². The maximum absolute atomic E-state index is 11.9. The maximum atomic E-state index is 11.9. The molecule has 0 aliphatic carbocycles. The largest absolute Gasteiger partial charge is 0.405 e. The van der Waals surface area contributed by atoms with Crippen LogP contribution in [0.4, 0.5) is 23.7 Å². The highest BCUT2D eigenvalue weighted by Gasteiger charge is 2.27. The van der Waals surface area contributed by atoms with E-state index in [4.69, 9.17) is 0 Å². The van der Waals surface area contributed by atoms with Crippen molar-refractivity contribution in [1.82, 2.24) is 10.6 Å². The Hall–Kier alpha value is -1.76. The molecule has 7 heteroatoms. The van der Waals surface area contributed by atoms with Gasteiger partial charge in [0.2, 0.25) is 0 Å². The van der Waals surface area contributed by atoms with Crippen molar-refractivity contribution in [3.63, 3.8) is 0 Å². The molecule has 0 radical (unpaired) electrons. The van der Waals surface area contributed by atoms with Gasteiger partial charge in [-0.15, -0.1) is 0 Å². The van der Waals surface area contributed by atoms with Crippen LogP contribution in [0.3, 0.4) is 0 Å². The third-order valence-electron chi connectivity index (χ3n) is 2.28. The first kappa shape index (κ1) is 15.3. The summed E-state index contributed by atoms with van der Waals surface area (Å²) in [5, 5.41) is 7.24. The van der Waals surface area contributed by atoms with Crippen LogP contribution in [0.2, 0.25) is 0 Å². The van der Waals surface area contributed by atoms with Gasteiger partial charge in [-0.25, -0.2) is 4.79 Å². The number of alkyl halides is 3. The Bertz CT molecular complexity index is 421. The molecule has 0 fully saturated rings. The van der Waals surface area contributed by atoms with Gasteiger partial charge in [0.05, 0.1) is 0 Å². The fraction of sp³-hybridized carbons (Fsp3) is 0.417. The molecule has 19 heavy (non-hydrogen) atoms. The number of rotatable bonds is 5. The van der Waals surface area contributed by atoms with Gasteiger partial charge in [-0.3, -0.25) is 0 Å². The molecule has 0 aliphatic rings. The van der Waals surface area contributed by atoms with Gasteiger partial charge < -0.3 is 16.0 Å². The fourth-order valence-electron chi connectivity index (χ4n) is 1.40. The molecule has 0 aromatic heterocycles. The Balaban J connectivity index is 2.58. The maximum Gasteiger partial charge on any atom is 0.405 e. The molecule has 2 amide bonds. The second-order valence-electron chi connectivity index (χ2n) is 3.86. The van der Waals surface area contributed by atoms with Crippen LogP contribution in [0, 0.1) is 0 Å². The van der Waals surface area contributed by atoms with E-state index in [9.17, 15) is 18.0 Å². The standard InChI is InChI=1S/C12H16F3N3O/c1-2-16-7-9-5-3-4-6-10(9)18-11(19)17-8-12(13,14)15/h3-6,16H,2,7-8H2,1H3,(H2,17,18,19). The summed E-state index contributed by atoms with van der Waals surface area (Å²) < 4.78 is 35.8. The monoisotopic (exact) mass is 275 g/mol. The van der Waals surface area contributed by atoms with E-state index in [2.05, 4.69) is 10.6 Å². The van der Waals surface area contributed by atoms with E-state index in [1.165, 1.54) is 0 Å². The highest BCUT2D eigenvalue weighted by molar-refractivity contribution is 5.90. The van der Waals surface area contributed by atoms with Crippen LogP contribution in [0.15, 0.2) is 24.3 Å². The van der Waals surface area contributed by atoms with Crippen LogP contribution >= 0.6 is 0 Å². The summed E-state index contributed by atoms with van der Waals surface area (Å²) in [5.41, 5.74) is 1.30. The summed E-state index contributed by atoms with van der Waals surface area (Å²) in [6.07, 6.45) is -4.42. The van der Waals surface area contributed by atoms with Crippen LogP contribution in [-0.2, 0) is 6.54 Å². The van der Waals surface area contributed by atoms with Crippen molar-refractivity contribution in [1.29, 1.82) is 0 Å². The number of anilines is 1. The number of halogens is 3. The summed E-state index contributed by atoms with van der Waals surface area (Å²) in [7, 11) is 0. The number of nitrogens with one attached hydrogen (secondary N) is 3. The van der Waals surface area contributed by atoms with E-state index in [1.54, 1.807) is 29.6 Å². The summed E-state index contributed by atoms with van der Waals surface area (Å²) in [6, 6.07) is 6.06. The van der Waals surface area contributed by atoms with Crippen molar-refractivity contribution in [2.75, 3.05) is 18.4 Å². The average molecular weight is 275 g/mol. The molecular weight excluding hydrogens is 259 g/mol. The van der Waals surface area contributed by atoms with Gasteiger partial charge in [-0.05, 0) is 18.2 Å². The van der Waals surface area contributed by atoms with E-state index in [-0.39, 0.29) is 0 Å². The van der Waals surface area contributed by atoms with Crippen LogP contribution in [-0.4, -0.2) is 25.3 Å². The molecule has 0 aliphatic heterocycles. The van der Waals surface area contributed by atoms with E-state index in [0.717, 1.165) is 12.1 Å². The quantitative estimate of drug-likeness (QED) is 0.773. The van der Waals surface area contributed by atoms with Gasteiger partial charge >= 0.3 is 12.2 Å². The number of urea groups is 1. The predicted octanol–water partition coefficient (Wildman–Crippen LogP) is 2.48. The van der Waals surface area contributed by atoms with Crippen LogP contribution in [0.25, 0.3) is 0 Å². The molecule has 4 nitrogen and oxygen atoms in total. The number of hydrogen-bond acceptors (Lipinski definition) is 2. The molecule has 1 aromatic rings. The van der Waals surface area contributed by atoms with Crippen LogP contribution < -0.4 is 16.0 Å². The minimum absolute atomic E-state index is 0.489. The highest BCUT2D eigenvalue weighted by Crippen LogP contribution is 2.15. The first-order chi connectivity index (χ1) is 8.92. The molecule has 0 saturated carbocycles. The second-order valence-corrected chi connectivity index (χ2v) is 3.86. The normalized spacial score (nSPS) is 11.2. The Morgan fingerprint density at radius 3 is 2.58 bits per heavy atom.